The number of hydrogen-bond donors (Lipinski definition) is 0. The summed E-state index contributed by atoms with van der Waals surface area (Å²) in [6, 6.07) is 0. The highest BCUT2D eigenvalue weighted by Crippen LogP contribution is 2.16. The van der Waals surface area contributed by atoms with Crippen LogP contribution in [0.1, 0.15) is 91.4 Å². The fraction of sp³-hybridized carbons (Fsp3) is 0.882. The Labute approximate surface area is 124 Å². The van der Waals surface area contributed by atoms with Gasteiger partial charge in [0.2, 0.25) is 0 Å². The van der Waals surface area contributed by atoms with E-state index in [2.05, 4.69) is 6.92 Å². The number of unbranched alkanes of at least 4 members (excludes halogenated alkanes) is 8. The highest BCUT2D eigenvalue weighted by atomic mass is 16.5. The quantitative estimate of drug-likeness (QED) is 0.339. The molecule has 0 saturated heterocycles. The molecule has 0 unspecified atom stereocenters. The Morgan fingerprint density at radius 2 is 1.45 bits per heavy atom. The average Bonchev–Trinajstić information content (AvgIpc) is 2.36. The summed E-state index contributed by atoms with van der Waals surface area (Å²) in [5.41, 5.74) is -0.655. The van der Waals surface area contributed by atoms with Crippen LogP contribution >= 0.6 is 0 Å². The highest BCUT2D eigenvalue weighted by Gasteiger charge is 2.22. The Morgan fingerprint density at radius 1 is 0.950 bits per heavy atom. The molecule has 0 spiro atoms. The molecular formula is C17H32O3. The van der Waals surface area contributed by atoms with Gasteiger partial charge >= 0.3 is 0 Å². The van der Waals surface area contributed by atoms with Gasteiger partial charge in [-0.15, -0.1) is 0 Å². The van der Waals surface area contributed by atoms with Gasteiger partial charge in [-0.2, -0.15) is 0 Å². The zero-order valence-corrected chi connectivity index (χ0v) is 13.6. The van der Waals surface area contributed by atoms with Gasteiger partial charge in [0.25, 0.3) is 6.47 Å². The van der Waals surface area contributed by atoms with Gasteiger partial charge in [-0.05, 0) is 20.3 Å². The van der Waals surface area contributed by atoms with Crippen molar-refractivity contribution in [1.29, 1.82) is 0 Å². The van der Waals surface area contributed by atoms with Crippen molar-refractivity contribution in [2.45, 2.75) is 97.0 Å². The number of ketones is 1. The summed E-state index contributed by atoms with van der Waals surface area (Å²) in [4.78, 5) is 22.0. The topological polar surface area (TPSA) is 43.4 Å². The maximum absolute atomic E-state index is 11.7. The van der Waals surface area contributed by atoms with Crippen LogP contribution in [0.3, 0.4) is 0 Å². The molecule has 0 radical (unpaired) electrons. The van der Waals surface area contributed by atoms with Crippen molar-refractivity contribution in [3.8, 4) is 0 Å². The fourth-order valence-electron chi connectivity index (χ4n) is 2.37. The number of ether oxygens (including phenoxy) is 1. The number of carbonyl (C=O) groups excluding carboxylic acids is 2. The molecule has 0 aromatic rings. The van der Waals surface area contributed by atoms with Crippen LogP contribution in [0.2, 0.25) is 0 Å². The van der Waals surface area contributed by atoms with Gasteiger partial charge in [-0.25, -0.2) is 0 Å². The molecule has 3 heteroatoms. The second kappa shape index (κ2) is 11.9. The van der Waals surface area contributed by atoms with E-state index in [1.165, 1.54) is 44.9 Å². The van der Waals surface area contributed by atoms with E-state index < -0.39 is 5.60 Å². The molecule has 0 aromatic carbocycles. The van der Waals surface area contributed by atoms with Crippen molar-refractivity contribution >= 4 is 12.3 Å². The van der Waals surface area contributed by atoms with Gasteiger partial charge in [0, 0.05) is 12.8 Å². The summed E-state index contributed by atoms with van der Waals surface area (Å²) < 4.78 is 4.89. The average molecular weight is 284 g/mol. The largest absolute Gasteiger partial charge is 0.461 e. The summed E-state index contributed by atoms with van der Waals surface area (Å²) in [5.74, 6) is 0.194. The minimum Gasteiger partial charge on any atom is -0.461 e. The lowest BCUT2D eigenvalue weighted by molar-refractivity contribution is -0.143. The van der Waals surface area contributed by atoms with Gasteiger partial charge in [-0.1, -0.05) is 58.3 Å². The molecule has 3 nitrogen and oxygen atoms in total. The van der Waals surface area contributed by atoms with E-state index in [4.69, 9.17) is 4.74 Å². The first-order chi connectivity index (χ1) is 9.52. The van der Waals surface area contributed by atoms with Crippen LogP contribution in [0.15, 0.2) is 0 Å². The van der Waals surface area contributed by atoms with Crippen molar-refractivity contribution in [1.82, 2.24) is 0 Å². The Morgan fingerprint density at radius 3 is 1.95 bits per heavy atom. The zero-order valence-electron chi connectivity index (χ0n) is 13.6. The van der Waals surface area contributed by atoms with Gasteiger partial charge < -0.3 is 4.74 Å². The van der Waals surface area contributed by atoms with E-state index in [0.717, 1.165) is 12.8 Å². The summed E-state index contributed by atoms with van der Waals surface area (Å²) in [5, 5.41) is 0. The molecule has 0 bridgehead atoms. The first-order valence-electron chi connectivity index (χ1n) is 8.15. The lowest BCUT2D eigenvalue weighted by Crippen LogP contribution is -2.27. The van der Waals surface area contributed by atoms with E-state index in [-0.39, 0.29) is 5.78 Å². The smallest absolute Gasteiger partial charge is 0.293 e. The Kier molecular flexibility index (Phi) is 11.4. The molecule has 0 saturated carbocycles. The third kappa shape index (κ3) is 12.2. The molecule has 0 N–H and O–H groups in total. The van der Waals surface area contributed by atoms with Crippen molar-refractivity contribution < 1.29 is 14.3 Å². The molecule has 0 aliphatic heterocycles. The van der Waals surface area contributed by atoms with Crippen LogP contribution in [-0.4, -0.2) is 17.9 Å². The minimum absolute atomic E-state index is 0.194. The van der Waals surface area contributed by atoms with E-state index in [1.54, 1.807) is 13.8 Å². The van der Waals surface area contributed by atoms with E-state index in [0.29, 0.717) is 19.3 Å². The van der Waals surface area contributed by atoms with Crippen LogP contribution < -0.4 is 0 Å². The van der Waals surface area contributed by atoms with Crippen LogP contribution in [-0.2, 0) is 14.3 Å². The monoisotopic (exact) mass is 284 g/mol. The van der Waals surface area contributed by atoms with Gasteiger partial charge in [0.15, 0.2) is 0 Å². The predicted molar refractivity (Wildman–Crippen MR) is 82.7 cm³/mol. The van der Waals surface area contributed by atoms with E-state index in [1.807, 2.05) is 0 Å². The van der Waals surface area contributed by atoms with Gasteiger partial charge in [0.05, 0.1) is 0 Å². The summed E-state index contributed by atoms with van der Waals surface area (Å²) in [7, 11) is 0. The second-order valence-electron chi connectivity index (χ2n) is 6.27. The minimum atomic E-state index is -0.655. The molecule has 0 rings (SSSR count). The maximum Gasteiger partial charge on any atom is 0.293 e. The molecule has 0 heterocycles. The first kappa shape index (κ1) is 19.1. The van der Waals surface area contributed by atoms with Crippen LogP contribution in [0.4, 0.5) is 0 Å². The Hall–Kier alpha value is -0.860. The molecule has 0 atom stereocenters. The highest BCUT2D eigenvalue weighted by molar-refractivity contribution is 5.79. The van der Waals surface area contributed by atoms with Gasteiger partial charge in [-0.3, -0.25) is 9.59 Å². The number of rotatable bonds is 14. The lowest BCUT2D eigenvalue weighted by atomic mass is 9.98. The SMILES string of the molecule is CCCCCCCCCCCC(=O)CC(C)(C)OC=O. The maximum atomic E-state index is 11.7. The molecule has 0 aliphatic carbocycles. The Balaban J connectivity index is 3.42. The standard InChI is InChI=1S/C17H32O3/c1-4-5-6-7-8-9-10-11-12-13-16(19)14-17(2,3)20-15-18/h15H,4-14H2,1-3H3. The van der Waals surface area contributed by atoms with Crippen LogP contribution in [0.25, 0.3) is 0 Å². The summed E-state index contributed by atoms with van der Waals surface area (Å²) in [6.07, 6.45) is 12.2. The number of hydrogen-bond acceptors (Lipinski definition) is 3. The molecule has 0 aliphatic rings. The third-order valence-corrected chi connectivity index (χ3v) is 3.55. The second-order valence-corrected chi connectivity index (χ2v) is 6.27. The van der Waals surface area contributed by atoms with Crippen LogP contribution in [0, 0.1) is 0 Å². The summed E-state index contributed by atoms with van der Waals surface area (Å²) >= 11 is 0. The summed E-state index contributed by atoms with van der Waals surface area (Å²) in [6.45, 7) is 6.20. The molecular weight excluding hydrogens is 252 g/mol. The molecule has 118 valence electrons. The normalized spacial score (nSPS) is 11.3. The van der Waals surface area contributed by atoms with Crippen molar-refractivity contribution in [2.75, 3.05) is 0 Å². The number of carbonyl (C=O) groups is 2. The van der Waals surface area contributed by atoms with E-state index >= 15 is 0 Å². The Bertz CT molecular complexity index is 259. The molecule has 0 fully saturated rings. The number of Topliss-reactive ketones (excluding diaryl/α,β-unsaturated/α-hetero) is 1. The molecule has 0 aromatic heterocycles. The lowest BCUT2D eigenvalue weighted by Gasteiger charge is -2.21. The fourth-order valence-corrected chi connectivity index (χ4v) is 2.37. The van der Waals surface area contributed by atoms with Crippen molar-refractivity contribution in [3.63, 3.8) is 0 Å². The van der Waals surface area contributed by atoms with Crippen molar-refractivity contribution in [2.24, 2.45) is 0 Å². The predicted octanol–water partition coefficient (Wildman–Crippen LogP) is 4.82. The zero-order chi connectivity index (χ0) is 15.3. The third-order valence-electron chi connectivity index (χ3n) is 3.55. The van der Waals surface area contributed by atoms with E-state index in [9.17, 15) is 9.59 Å². The van der Waals surface area contributed by atoms with Crippen LogP contribution in [0.5, 0.6) is 0 Å². The molecule has 0 amide bonds. The van der Waals surface area contributed by atoms with Gasteiger partial charge in [0.1, 0.15) is 11.4 Å². The molecule has 20 heavy (non-hydrogen) atoms. The van der Waals surface area contributed by atoms with Crippen molar-refractivity contribution in [3.05, 3.63) is 0 Å². The first-order valence-corrected chi connectivity index (χ1v) is 8.15.